The second-order valence-electron chi connectivity index (χ2n) is 3.82. The fraction of sp³-hybridized carbons (Fsp3) is 0.0769. The molecule has 0 spiro atoms. The fourth-order valence-corrected chi connectivity index (χ4v) is 2.01. The number of aromatic amines is 1. The highest BCUT2D eigenvalue weighted by atomic mass is 32.1. The first-order valence-electron chi connectivity index (χ1n) is 5.52. The van der Waals surface area contributed by atoms with E-state index < -0.39 is 5.56 Å². The van der Waals surface area contributed by atoms with Crippen LogP contribution in [0.1, 0.15) is 5.56 Å². The van der Waals surface area contributed by atoms with Crippen LogP contribution in [0.4, 0.5) is 11.5 Å². The molecule has 0 aliphatic rings. The first kappa shape index (κ1) is 13.1. The van der Waals surface area contributed by atoms with E-state index in [0.29, 0.717) is 12.4 Å². The number of nitrogens with zero attached hydrogens (tertiary/aromatic N) is 3. The quantitative estimate of drug-likeness (QED) is 0.687. The zero-order valence-corrected chi connectivity index (χ0v) is 11.0. The van der Waals surface area contributed by atoms with Gasteiger partial charge >= 0.3 is 0 Å². The summed E-state index contributed by atoms with van der Waals surface area (Å²) < 4.78 is 1.95. The van der Waals surface area contributed by atoms with E-state index in [2.05, 4.69) is 28.4 Å². The minimum atomic E-state index is -0.410. The highest BCUT2D eigenvalue weighted by molar-refractivity contribution is 7.71. The van der Waals surface area contributed by atoms with Gasteiger partial charge in [-0.1, -0.05) is 30.3 Å². The van der Waals surface area contributed by atoms with Gasteiger partial charge in [-0.3, -0.25) is 19.3 Å². The van der Waals surface area contributed by atoms with Crippen molar-refractivity contribution in [1.29, 1.82) is 0 Å². The van der Waals surface area contributed by atoms with Gasteiger partial charge in [0.1, 0.15) is 0 Å². The van der Waals surface area contributed by atoms with E-state index in [4.69, 9.17) is 12.2 Å². The Morgan fingerprint density at radius 1 is 1.21 bits per heavy atom. The van der Waals surface area contributed by atoms with E-state index in [1.54, 1.807) is 4.57 Å². The molecule has 1 aromatic carbocycles. The molecular weight excluding hydrogens is 260 g/mol. The summed E-state index contributed by atoms with van der Waals surface area (Å²) in [7, 11) is 0. The highest BCUT2D eigenvalue weighted by Gasteiger charge is 2.11. The Kier molecular flexibility index (Phi) is 3.82. The lowest BCUT2D eigenvalue weighted by Crippen LogP contribution is -2.14. The predicted octanol–water partition coefficient (Wildman–Crippen LogP) is 2.62. The molecule has 1 aromatic heterocycles. The van der Waals surface area contributed by atoms with Crippen molar-refractivity contribution in [2.75, 3.05) is 0 Å². The zero-order valence-electron chi connectivity index (χ0n) is 10.2. The Hall–Kier alpha value is -2.34. The molecule has 1 N–H and O–H groups in total. The van der Waals surface area contributed by atoms with Gasteiger partial charge in [0, 0.05) is 0 Å². The maximum Gasteiger partial charge on any atom is 0.279 e. The molecule has 0 saturated heterocycles. The van der Waals surface area contributed by atoms with Crippen molar-refractivity contribution in [3.8, 4) is 0 Å². The molecule has 5 nitrogen and oxygen atoms in total. The monoisotopic (exact) mass is 272 g/mol. The molecule has 1 heterocycles. The smallest absolute Gasteiger partial charge is 0.279 e. The number of hydrogen-bond donors (Lipinski definition) is 1. The van der Waals surface area contributed by atoms with Crippen LogP contribution >= 0.6 is 12.2 Å². The van der Waals surface area contributed by atoms with Crippen molar-refractivity contribution in [3.63, 3.8) is 0 Å². The second-order valence-corrected chi connectivity index (χ2v) is 4.21. The lowest BCUT2D eigenvalue weighted by atomic mass is 10.2. The first-order valence-corrected chi connectivity index (χ1v) is 5.92. The van der Waals surface area contributed by atoms with Crippen LogP contribution < -0.4 is 5.56 Å². The first-order chi connectivity index (χ1) is 9.17. The molecule has 6 heteroatoms. The molecule has 0 bridgehead atoms. The molecule has 2 aromatic rings. The largest absolute Gasteiger partial charge is 0.297 e. The Bertz CT molecular complexity index is 731. The maximum absolute atomic E-state index is 11.7. The van der Waals surface area contributed by atoms with Gasteiger partial charge in [-0.2, -0.15) is 0 Å². The van der Waals surface area contributed by atoms with E-state index in [-0.39, 0.29) is 10.5 Å². The lowest BCUT2D eigenvalue weighted by Gasteiger charge is -2.11. The van der Waals surface area contributed by atoms with Crippen molar-refractivity contribution in [2.24, 2.45) is 9.98 Å². The molecule has 0 amide bonds. The number of aromatic nitrogens is 2. The molecule has 0 aliphatic heterocycles. The van der Waals surface area contributed by atoms with Crippen LogP contribution in [-0.2, 0) is 6.54 Å². The minimum absolute atomic E-state index is 0.125. The summed E-state index contributed by atoms with van der Waals surface area (Å²) in [6.07, 6.45) is 0. The Balaban J connectivity index is 2.63. The number of rotatable bonds is 4. The Morgan fingerprint density at radius 2 is 1.89 bits per heavy atom. The molecule has 0 unspecified atom stereocenters. The molecule has 0 saturated carbocycles. The number of nitrogens with one attached hydrogen (secondary N) is 1. The number of H-pyrrole nitrogens is 1. The van der Waals surface area contributed by atoms with E-state index >= 15 is 0 Å². The standard InChI is InChI=1S/C13H12N4OS/c1-14-10-11(15-2)17(13(19)16-12(10)18)8-9-6-4-3-5-7-9/h3-7H,1-2,8H2,(H,16,18,19). The third kappa shape index (κ3) is 2.58. The van der Waals surface area contributed by atoms with Gasteiger partial charge in [-0.15, -0.1) is 0 Å². The topological polar surface area (TPSA) is 62.5 Å². The normalized spacial score (nSPS) is 10.1. The van der Waals surface area contributed by atoms with Crippen molar-refractivity contribution in [2.45, 2.75) is 6.54 Å². The Morgan fingerprint density at radius 3 is 2.47 bits per heavy atom. The van der Waals surface area contributed by atoms with Gasteiger partial charge in [0.15, 0.2) is 16.3 Å². The zero-order chi connectivity index (χ0) is 13.8. The van der Waals surface area contributed by atoms with Crippen molar-refractivity contribution < 1.29 is 0 Å². The van der Waals surface area contributed by atoms with Crippen molar-refractivity contribution in [1.82, 2.24) is 9.55 Å². The molecule has 0 fully saturated rings. The van der Waals surface area contributed by atoms with Crippen LogP contribution in [0.5, 0.6) is 0 Å². The summed E-state index contributed by atoms with van der Waals surface area (Å²) >= 11 is 5.16. The van der Waals surface area contributed by atoms with Crippen LogP contribution in [0.25, 0.3) is 0 Å². The average molecular weight is 272 g/mol. The SMILES string of the molecule is C=Nc1c(N=C)n(Cc2ccccc2)c(=S)[nH]c1=O. The number of aliphatic imine (C=N–C) groups is 2. The van der Waals surface area contributed by atoms with Crippen LogP contribution in [0.3, 0.4) is 0 Å². The van der Waals surface area contributed by atoms with Crippen LogP contribution in [-0.4, -0.2) is 23.0 Å². The number of hydrogen-bond acceptors (Lipinski definition) is 4. The molecule has 96 valence electrons. The summed E-state index contributed by atoms with van der Waals surface area (Å²) in [6.45, 7) is 7.32. The van der Waals surface area contributed by atoms with E-state index in [1.807, 2.05) is 30.3 Å². The molecule has 0 radical (unpaired) electrons. The summed E-state index contributed by atoms with van der Waals surface area (Å²) in [5.74, 6) is 0.326. The molecule has 2 rings (SSSR count). The summed E-state index contributed by atoms with van der Waals surface area (Å²) in [6, 6.07) is 9.71. The van der Waals surface area contributed by atoms with Gasteiger partial charge in [-0.25, -0.2) is 4.99 Å². The molecule has 19 heavy (non-hydrogen) atoms. The van der Waals surface area contributed by atoms with Crippen molar-refractivity contribution in [3.05, 3.63) is 51.0 Å². The van der Waals surface area contributed by atoms with Gasteiger partial charge < -0.3 is 0 Å². The third-order valence-corrected chi connectivity index (χ3v) is 2.96. The van der Waals surface area contributed by atoms with Gasteiger partial charge in [0.25, 0.3) is 5.56 Å². The van der Waals surface area contributed by atoms with Gasteiger partial charge in [0.2, 0.25) is 0 Å². The predicted molar refractivity (Wildman–Crippen MR) is 79.8 cm³/mol. The summed E-state index contributed by atoms with van der Waals surface area (Å²) in [5, 5.41) is 0. The number of benzene rings is 1. The summed E-state index contributed by atoms with van der Waals surface area (Å²) in [5.41, 5.74) is 0.747. The molecular formula is C13H12N4OS. The van der Waals surface area contributed by atoms with Crippen LogP contribution in [0, 0.1) is 4.77 Å². The molecule has 0 atom stereocenters. The lowest BCUT2D eigenvalue weighted by molar-refractivity contribution is 0.750. The summed E-state index contributed by atoms with van der Waals surface area (Å²) in [4.78, 5) is 21.8. The van der Waals surface area contributed by atoms with Gasteiger partial charge in [-0.05, 0) is 31.2 Å². The average Bonchev–Trinajstić information content (AvgIpc) is 2.42. The Labute approximate surface area is 115 Å². The minimum Gasteiger partial charge on any atom is -0.297 e. The van der Waals surface area contributed by atoms with Gasteiger partial charge in [0.05, 0.1) is 6.54 Å². The highest BCUT2D eigenvalue weighted by Crippen LogP contribution is 2.23. The van der Waals surface area contributed by atoms with Crippen LogP contribution in [0.15, 0.2) is 45.1 Å². The second kappa shape index (κ2) is 5.53. The van der Waals surface area contributed by atoms with E-state index in [1.165, 1.54) is 0 Å². The van der Waals surface area contributed by atoms with Crippen molar-refractivity contribution >= 4 is 37.2 Å². The van der Waals surface area contributed by atoms with Crippen LogP contribution in [0.2, 0.25) is 0 Å². The van der Waals surface area contributed by atoms with E-state index in [9.17, 15) is 4.79 Å². The fourth-order valence-electron chi connectivity index (χ4n) is 1.76. The third-order valence-electron chi connectivity index (χ3n) is 2.64. The van der Waals surface area contributed by atoms with E-state index in [0.717, 1.165) is 5.56 Å². The maximum atomic E-state index is 11.7. The molecule has 0 aliphatic carbocycles.